The second-order valence-electron chi connectivity index (χ2n) is 22.8. The van der Waals surface area contributed by atoms with E-state index in [4.69, 9.17) is 0 Å². The molecule has 10 aromatic carbocycles. The zero-order valence-electron chi connectivity index (χ0n) is 44.1. The summed E-state index contributed by atoms with van der Waals surface area (Å²) in [5.74, 6) is 0. The molecule has 0 bridgehead atoms. The van der Waals surface area contributed by atoms with Gasteiger partial charge in [-0.25, -0.2) is 0 Å². The van der Waals surface area contributed by atoms with E-state index in [0.717, 1.165) is 17.1 Å². The number of fused-ring (bicyclic) bond motifs is 8. The van der Waals surface area contributed by atoms with Gasteiger partial charge in [-0.3, -0.25) is 0 Å². The second kappa shape index (κ2) is 17.7. The molecular formula is C70H61N3SSi. The van der Waals surface area contributed by atoms with E-state index in [2.05, 4.69) is 294 Å². The van der Waals surface area contributed by atoms with Crippen LogP contribution in [0.3, 0.4) is 0 Å². The van der Waals surface area contributed by atoms with Crippen LogP contribution in [-0.4, -0.2) is 17.2 Å². The number of anilines is 3. The van der Waals surface area contributed by atoms with Crippen LogP contribution in [-0.2, 0) is 10.8 Å². The number of aromatic nitrogens is 2. The zero-order valence-corrected chi connectivity index (χ0v) is 45.9. The van der Waals surface area contributed by atoms with Crippen LogP contribution in [0.4, 0.5) is 17.1 Å². The summed E-state index contributed by atoms with van der Waals surface area (Å²) in [6.07, 6.45) is 0. The maximum atomic E-state index is 2.54. The van der Waals surface area contributed by atoms with E-state index in [-0.39, 0.29) is 10.8 Å². The first-order chi connectivity index (χ1) is 36.3. The first-order valence-electron chi connectivity index (χ1n) is 26.4. The molecule has 0 N–H and O–H groups in total. The largest absolute Gasteiger partial charge is 0.309 e. The molecule has 0 unspecified atom stereocenters. The Bertz CT molecular complexity index is 3970. The molecule has 0 aliphatic carbocycles. The highest BCUT2D eigenvalue weighted by Crippen LogP contribution is 2.53. The monoisotopic (exact) mass is 1000 g/mol. The van der Waals surface area contributed by atoms with Crippen molar-refractivity contribution < 1.29 is 0 Å². The summed E-state index contributed by atoms with van der Waals surface area (Å²) >= 11 is 1.88. The SMILES string of the molecule is Cc1ccc2c(c1)c1cc(C)ccc1n2-c1ccc2c(c1)Sc1cc(-n3c4ccc(C(C)(C)C)cc4c4cc(C(C)(C)C)ccc43)ccc1N2c1cccc([Si](c2ccccc2)(c2ccccc2)c2ccccc2)c1. The standard InChI is InChI=1S/C70H61N3SSi/c1-46-27-33-61-57(39-46)58-40-47(2)28-34-62(58)71(61)51-31-37-65-67(44-51)74-68-45-52(72-63-35-29-48(69(3,4)5)41-59(63)60-42-49(70(6,7)8)30-36-64(60)72)32-38-66(68)73(65)50-19-18-26-56(43-50)75(53-20-12-9-13-21-53,54-22-14-10-15-23-54)55-24-16-11-17-25-55/h9-45H,1-8H3. The number of hydrogen-bond donors (Lipinski definition) is 0. The van der Waals surface area contributed by atoms with E-state index in [9.17, 15) is 0 Å². The van der Waals surface area contributed by atoms with Gasteiger partial charge in [-0.1, -0.05) is 192 Å². The third kappa shape index (κ3) is 7.69. The van der Waals surface area contributed by atoms with E-state index < -0.39 is 8.07 Å². The van der Waals surface area contributed by atoms with E-state index in [1.54, 1.807) is 0 Å². The molecular weight excluding hydrogens is 943 g/mol. The van der Waals surface area contributed by atoms with Crippen molar-refractivity contribution in [2.45, 2.75) is 76.0 Å². The van der Waals surface area contributed by atoms with Crippen LogP contribution in [0.2, 0.25) is 0 Å². The van der Waals surface area contributed by atoms with Crippen LogP contribution < -0.4 is 25.6 Å². The number of aryl methyl sites for hydroxylation is 2. The van der Waals surface area contributed by atoms with Crippen molar-refractivity contribution in [3.05, 3.63) is 247 Å². The molecule has 0 spiro atoms. The molecule has 0 atom stereocenters. The topological polar surface area (TPSA) is 13.1 Å². The van der Waals surface area contributed by atoms with Crippen LogP contribution in [0.1, 0.15) is 63.8 Å². The lowest BCUT2D eigenvalue weighted by molar-refractivity contribution is 0.590. The van der Waals surface area contributed by atoms with Gasteiger partial charge in [0, 0.05) is 48.4 Å². The molecule has 0 amide bonds. The van der Waals surface area contributed by atoms with Gasteiger partial charge in [-0.15, -0.1) is 0 Å². The van der Waals surface area contributed by atoms with Gasteiger partial charge in [0.15, 0.2) is 8.07 Å². The van der Waals surface area contributed by atoms with Crippen molar-refractivity contribution in [3.8, 4) is 11.4 Å². The Morgan fingerprint density at radius 1 is 0.333 bits per heavy atom. The van der Waals surface area contributed by atoms with E-state index in [0.29, 0.717) is 0 Å². The lowest BCUT2D eigenvalue weighted by Gasteiger charge is -2.37. The molecule has 0 saturated carbocycles. The molecule has 75 heavy (non-hydrogen) atoms. The summed E-state index contributed by atoms with van der Waals surface area (Å²) in [4.78, 5) is 4.95. The van der Waals surface area contributed by atoms with Gasteiger partial charge < -0.3 is 14.0 Å². The molecule has 0 saturated heterocycles. The maximum Gasteiger partial charge on any atom is 0.179 e. The summed E-state index contributed by atoms with van der Waals surface area (Å²) in [5.41, 5.74) is 15.9. The summed E-state index contributed by atoms with van der Waals surface area (Å²) in [7, 11) is -2.85. The first kappa shape index (κ1) is 46.9. The summed E-state index contributed by atoms with van der Waals surface area (Å²) in [6, 6.07) is 85.7. The van der Waals surface area contributed by atoms with Crippen LogP contribution in [0.5, 0.6) is 0 Å². The molecule has 1 aliphatic heterocycles. The van der Waals surface area contributed by atoms with E-state index in [1.807, 2.05) is 11.8 Å². The third-order valence-corrected chi connectivity index (χ3v) is 21.7. The van der Waals surface area contributed by atoms with Gasteiger partial charge in [0.05, 0.1) is 33.4 Å². The highest BCUT2D eigenvalue weighted by Gasteiger charge is 2.42. The van der Waals surface area contributed by atoms with Crippen LogP contribution in [0, 0.1) is 13.8 Å². The number of benzene rings is 10. The Hall–Kier alpha value is -7.83. The average molecular weight is 1000 g/mol. The number of hydrogen-bond acceptors (Lipinski definition) is 2. The molecule has 5 heteroatoms. The molecule has 2 aromatic heterocycles. The first-order valence-corrected chi connectivity index (χ1v) is 29.2. The Kier molecular flexibility index (Phi) is 11.0. The molecule has 3 nitrogen and oxygen atoms in total. The summed E-state index contributed by atoms with van der Waals surface area (Å²) in [6.45, 7) is 18.3. The minimum Gasteiger partial charge on any atom is -0.309 e. The molecule has 0 radical (unpaired) electrons. The molecule has 366 valence electrons. The predicted molar refractivity (Wildman–Crippen MR) is 324 cm³/mol. The quantitative estimate of drug-likeness (QED) is 0.117. The maximum absolute atomic E-state index is 2.85. The lowest BCUT2D eigenvalue weighted by atomic mass is 9.85. The van der Waals surface area contributed by atoms with Crippen molar-refractivity contribution in [3.63, 3.8) is 0 Å². The fraction of sp³-hybridized carbons (Fsp3) is 0.143. The van der Waals surface area contributed by atoms with Crippen molar-refractivity contribution >= 4 is 101 Å². The Morgan fingerprint density at radius 3 is 1.13 bits per heavy atom. The van der Waals surface area contributed by atoms with Gasteiger partial charge in [-0.05, 0) is 154 Å². The Labute approximate surface area is 446 Å². The van der Waals surface area contributed by atoms with Crippen LogP contribution >= 0.6 is 11.8 Å². The van der Waals surface area contributed by atoms with Gasteiger partial charge in [-0.2, -0.15) is 0 Å². The number of nitrogens with zero attached hydrogens (tertiary/aromatic N) is 3. The Balaban J connectivity index is 1.05. The minimum atomic E-state index is -2.85. The average Bonchev–Trinajstić information content (AvgIpc) is 3.92. The molecule has 12 aromatic rings. The summed E-state index contributed by atoms with van der Waals surface area (Å²) in [5, 5.41) is 10.6. The molecule has 0 fully saturated rings. The van der Waals surface area contributed by atoms with Gasteiger partial charge >= 0.3 is 0 Å². The smallest absolute Gasteiger partial charge is 0.179 e. The predicted octanol–water partition coefficient (Wildman–Crippen LogP) is 16.4. The minimum absolute atomic E-state index is 0.0161. The molecule has 13 rings (SSSR count). The Morgan fingerprint density at radius 2 is 0.720 bits per heavy atom. The van der Waals surface area contributed by atoms with E-state index >= 15 is 0 Å². The zero-order chi connectivity index (χ0) is 51.4. The fourth-order valence-corrected chi connectivity index (χ4v) is 18.0. The van der Waals surface area contributed by atoms with Gasteiger partial charge in [0.2, 0.25) is 0 Å². The lowest BCUT2D eigenvalue weighted by Crippen LogP contribution is -2.74. The summed E-state index contributed by atoms with van der Waals surface area (Å²) < 4.78 is 4.97. The van der Waals surface area contributed by atoms with Gasteiger partial charge in [0.25, 0.3) is 0 Å². The highest BCUT2D eigenvalue weighted by molar-refractivity contribution is 7.99. The third-order valence-electron chi connectivity index (χ3n) is 15.8. The van der Waals surface area contributed by atoms with Crippen LogP contribution in [0.25, 0.3) is 55.0 Å². The van der Waals surface area contributed by atoms with Crippen molar-refractivity contribution in [2.75, 3.05) is 4.90 Å². The molecule has 1 aliphatic rings. The molecule has 3 heterocycles. The highest BCUT2D eigenvalue weighted by atomic mass is 32.2. The second-order valence-corrected chi connectivity index (χ2v) is 27.7. The van der Waals surface area contributed by atoms with Crippen molar-refractivity contribution in [1.82, 2.24) is 9.13 Å². The number of rotatable bonds is 7. The van der Waals surface area contributed by atoms with Crippen molar-refractivity contribution in [1.29, 1.82) is 0 Å². The normalized spacial score (nSPS) is 13.0. The fourth-order valence-electron chi connectivity index (χ4n) is 12.0. The van der Waals surface area contributed by atoms with Gasteiger partial charge in [0.1, 0.15) is 0 Å². The van der Waals surface area contributed by atoms with Crippen LogP contribution in [0.15, 0.2) is 234 Å². The van der Waals surface area contributed by atoms with Crippen molar-refractivity contribution in [2.24, 2.45) is 0 Å². The van der Waals surface area contributed by atoms with E-state index in [1.165, 1.54) is 108 Å².